The van der Waals surface area contributed by atoms with Crippen LogP contribution in [0.15, 0.2) is 71.6 Å². The molecule has 0 aromatic heterocycles. The maximum absolute atomic E-state index is 13.5. The highest BCUT2D eigenvalue weighted by molar-refractivity contribution is 7.92. The van der Waals surface area contributed by atoms with Crippen molar-refractivity contribution < 1.29 is 27.4 Å². The van der Waals surface area contributed by atoms with Crippen LogP contribution in [0.1, 0.15) is 5.56 Å². The van der Waals surface area contributed by atoms with Gasteiger partial charge < -0.3 is 19.5 Å². The van der Waals surface area contributed by atoms with Gasteiger partial charge in [0.15, 0.2) is 6.10 Å². The Morgan fingerprint density at radius 2 is 1.89 bits per heavy atom. The molecule has 1 amide bonds. The molecule has 0 bridgehead atoms. The minimum absolute atomic E-state index is 0.0824. The SMILES string of the molecule is COc1ccc(S(=O)(=O)N2C[C@@H](C(=O)NCCOc3ccccc3Cl)Oc3cc(C)ccc32)cc1. The predicted octanol–water partition coefficient (Wildman–Crippen LogP) is 3.81. The van der Waals surface area contributed by atoms with Crippen LogP contribution >= 0.6 is 11.6 Å². The zero-order valence-electron chi connectivity index (χ0n) is 19.2. The number of amides is 1. The first-order valence-corrected chi connectivity index (χ1v) is 12.7. The van der Waals surface area contributed by atoms with Crippen LogP contribution in [-0.4, -0.2) is 47.2 Å². The second-order valence-electron chi connectivity index (χ2n) is 7.86. The first kappa shape index (κ1) is 24.7. The molecule has 3 aromatic carbocycles. The van der Waals surface area contributed by atoms with E-state index in [0.717, 1.165) is 5.56 Å². The molecule has 1 aliphatic heterocycles. The van der Waals surface area contributed by atoms with Gasteiger partial charge >= 0.3 is 0 Å². The molecular weight excluding hydrogens is 492 g/mol. The topological polar surface area (TPSA) is 94.2 Å². The number of rotatable bonds is 8. The van der Waals surface area contributed by atoms with Gasteiger partial charge in [0, 0.05) is 0 Å². The van der Waals surface area contributed by atoms with Crippen LogP contribution in [0.3, 0.4) is 0 Å². The molecule has 0 aliphatic carbocycles. The molecular formula is C25H25ClN2O6S. The minimum Gasteiger partial charge on any atom is -0.497 e. The lowest BCUT2D eigenvalue weighted by molar-refractivity contribution is -0.127. The molecule has 1 N–H and O–H groups in total. The lowest BCUT2D eigenvalue weighted by Crippen LogP contribution is -2.51. The number of methoxy groups -OCH3 is 1. The van der Waals surface area contributed by atoms with Crippen molar-refractivity contribution in [1.82, 2.24) is 5.32 Å². The Hall–Kier alpha value is -3.43. The van der Waals surface area contributed by atoms with Gasteiger partial charge in [0.2, 0.25) is 0 Å². The van der Waals surface area contributed by atoms with Crippen molar-refractivity contribution in [2.45, 2.75) is 17.9 Å². The van der Waals surface area contributed by atoms with Crippen molar-refractivity contribution in [2.75, 3.05) is 31.1 Å². The van der Waals surface area contributed by atoms with Gasteiger partial charge in [-0.2, -0.15) is 0 Å². The molecule has 0 saturated carbocycles. The van der Waals surface area contributed by atoms with Crippen LogP contribution in [0.4, 0.5) is 5.69 Å². The second kappa shape index (κ2) is 10.5. The number of nitrogens with one attached hydrogen (secondary N) is 1. The van der Waals surface area contributed by atoms with Crippen molar-refractivity contribution in [3.8, 4) is 17.2 Å². The Morgan fingerprint density at radius 1 is 1.14 bits per heavy atom. The molecule has 0 spiro atoms. The molecule has 1 aliphatic rings. The van der Waals surface area contributed by atoms with Gasteiger partial charge in [0.05, 0.1) is 35.8 Å². The van der Waals surface area contributed by atoms with Crippen LogP contribution in [-0.2, 0) is 14.8 Å². The summed E-state index contributed by atoms with van der Waals surface area (Å²) in [6, 6.07) is 18.3. The average molecular weight is 517 g/mol. The fourth-order valence-electron chi connectivity index (χ4n) is 3.61. The normalized spacial score (nSPS) is 15.1. The van der Waals surface area contributed by atoms with E-state index in [0.29, 0.717) is 28.0 Å². The van der Waals surface area contributed by atoms with Gasteiger partial charge in [-0.3, -0.25) is 9.10 Å². The van der Waals surface area contributed by atoms with Crippen molar-refractivity contribution >= 4 is 33.2 Å². The second-order valence-corrected chi connectivity index (χ2v) is 10.1. The number of halogens is 1. The third-order valence-corrected chi connectivity index (χ3v) is 7.53. The Balaban J connectivity index is 1.50. The summed E-state index contributed by atoms with van der Waals surface area (Å²) in [6.07, 6.45) is -1.04. The summed E-state index contributed by atoms with van der Waals surface area (Å²) in [5, 5.41) is 3.22. The molecule has 0 saturated heterocycles. The molecule has 184 valence electrons. The van der Waals surface area contributed by atoms with Gasteiger partial charge in [-0.1, -0.05) is 29.8 Å². The number of nitrogens with zero attached hydrogens (tertiary/aromatic N) is 1. The van der Waals surface area contributed by atoms with E-state index in [9.17, 15) is 13.2 Å². The van der Waals surface area contributed by atoms with Gasteiger partial charge in [-0.25, -0.2) is 8.42 Å². The summed E-state index contributed by atoms with van der Waals surface area (Å²) in [5.74, 6) is 0.923. The zero-order chi connectivity index (χ0) is 25.0. The Labute approximate surface area is 209 Å². The number of para-hydroxylation sites is 1. The highest BCUT2D eigenvalue weighted by Crippen LogP contribution is 2.38. The molecule has 0 unspecified atom stereocenters. The number of ether oxygens (including phenoxy) is 3. The smallest absolute Gasteiger partial charge is 0.264 e. The summed E-state index contributed by atoms with van der Waals surface area (Å²) < 4.78 is 44.9. The lowest BCUT2D eigenvalue weighted by atomic mass is 10.1. The van der Waals surface area contributed by atoms with E-state index < -0.39 is 22.0 Å². The number of benzene rings is 3. The van der Waals surface area contributed by atoms with Crippen molar-refractivity contribution in [2.24, 2.45) is 0 Å². The van der Waals surface area contributed by atoms with Crippen LogP contribution < -0.4 is 23.8 Å². The molecule has 1 heterocycles. The third kappa shape index (κ3) is 5.47. The van der Waals surface area contributed by atoms with Crippen molar-refractivity contribution in [3.05, 3.63) is 77.3 Å². The van der Waals surface area contributed by atoms with Crippen LogP contribution in [0.5, 0.6) is 17.2 Å². The number of aryl methyl sites for hydroxylation is 1. The highest BCUT2D eigenvalue weighted by atomic mass is 35.5. The summed E-state index contributed by atoms with van der Waals surface area (Å²) in [5.41, 5.74) is 1.25. The number of hydrogen-bond acceptors (Lipinski definition) is 6. The summed E-state index contributed by atoms with van der Waals surface area (Å²) in [6.45, 7) is 2.06. The van der Waals surface area contributed by atoms with E-state index in [4.69, 9.17) is 25.8 Å². The number of anilines is 1. The standard InChI is InChI=1S/C25H25ClN2O6S/c1-17-7-12-21-23(15-17)34-24(25(29)27-13-14-33-22-6-4-3-5-20(22)26)16-28(21)35(30,31)19-10-8-18(32-2)9-11-19/h3-12,15,24H,13-14,16H2,1-2H3,(H,27,29)/t24-/m0/s1. The fourth-order valence-corrected chi connectivity index (χ4v) is 5.28. The summed E-state index contributed by atoms with van der Waals surface area (Å²) in [4.78, 5) is 13.0. The van der Waals surface area contributed by atoms with Crippen LogP contribution in [0.25, 0.3) is 0 Å². The zero-order valence-corrected chi connectivity index (χ0v) is 20.8. The van der Waals surface area contributed by atoms with E-state index in [1.807, 2.05) is 6.92 Å². The number of sulfonamides is 1. The lowest BCUT2D eigenvalue weighted by Gasteiger charge is -2.35. The summed E-state index contributed by atoms with van der Waals surface area (Å²) >= 11 is 6.07. The molecule has 4 rings (SSSR count). The van der Waals surface area contributed by atoms with Gasteiger partial charge in [-0.05, 0) is 61.0 Å². The molecule has 0 fully saturated rings. The third-order valence-electron chi connectivity index (χ3n) is 5.42. The summed E-state index contributed by atoms with van der Waals surface area (Å²) in [7, 11) is -2.46. The number of carbonyl (C=O) groups is 1. The van der Waals surface area contributed by atoms with Crippen molar-refractivity contribution in [3.63, 3.8) is 0 Å². The monoisotopic (exact) mass is 516 g/mol. The number of fused-ring (bicyclic) bond motifs is 1. The molecule has 35 heavy (non-hydrogen) atoms. The molecule has 8 nitrogen and oxygen atoms in total. The predicted molar refractivity (Wildman–Crippen MR) is 133 cm³/mol. The maximum Gasteiger partial charge on any atom is 0.264 e. The first-order chi connectivity index (χ1) is 16.8. The Morgan fingerprint density at radius 3 is 2.60 bits per heavy atom. The Kier molecular flexibility index (Phi) is 7.37. The fraction of sp³-hybridized carbons (Fsp3) is 0.240. The van der Waals surface area contributed by atoms with Crippen molar-refractivity contribution in [1.29, 1.82) is 0 Å². The van der Waals surface area contributed by atoms with Gasteiger partial charge in [0.25, 0.3) is 15.9 Å². The first-order valence-electron chi connectivity index (χ1n) is 10.9. The molecule has 0 radical (unpaired) electrons. The number of carbonyl (C=O) groups excluding carboxylic acids is 1. The Bertz CT molecular complexity index is 1310. The van der Waals surface area contributed by atoms with E-state index in [-0.39, 0.29) is 24.6 Å². The van der Waals surface area contributed by atoms with E-state index in [1.54, 1.807) is 54.6 Å². The highest BCUT2D eigenvalue weighted by Gasteiger charge is 2.37. The van der Waals surface area contributed by atoms with E-state index in [2.05, 4.69) is 5.32 Å². The molecule has 1 atom stereocenters. The average Bonchev–Trinajstić information content (AvgIpc) is 2.86. The number of hydrogen-bond donors (Lipinski definition) is 1. The van der Waals surface area contributed by atoms with Crippen LogP contribution in [0, 0.1) is 6.92 Å². The van der Waals surface area contributed by atoms with E-state index >= 15 is 0 Å². The quantitative estimate of drug-likeness (QED) is 0.458. The molecule has 10 heteroatoms. The maximum atomic E-state index is 13.5. The minimum atomic E-state index is -3.97. The van der Waals surface area contributed by atoms with Gasteiger partial charge in [-0.15, -0.1) is 0 Å². The largest absolute Gasteiger partial charge is 0.497 e. The van der Waals surface area contributed by atoms with E-state index in [1.165, 1.54) is 23.5 Å². The molecule has 3 aromatic rings. The van der Waals surface area contributed by atoms with Gasteiger partial charge in [0.1, 0.15) is 23.9 Å². The van der Waals surface area contributed by atoms with Crippen LogP contribution in [0.2, 0.25) is 5.02 Å².